The molecular weight excluding hydrogens is 202 g/mol. The molecule has 76 valence electrons. The van der Waals surface area contributed by atoms with Gasteiger partial charge in [-0.3, -0.25) is 0 Å². The molecule has 0 atom stereocenters. The first-order chi connectivity index (χ1) is 6.78. The van der Waals surface area contributed by atoms with E-state index < -0.39 is 0 Å². The average molecular weight is 214 g/mol. The third-order valence-electron chi connectivity index (χ3n) is 2.41. The molecule has 0 saturated heterocycles. The van der Waals surface area contributed by atoms with Gasteiger partial charge in [-0.25, -0.2) is 0 Å². The molecule has 2 rings (SSSR count). The van der Waals surface area contributed by atoms with Crippen LogP contribution in [0.3, 0.4) is 0 Å². The maximum atomic E-state index is 5.62. The third kappa shape index (κ3) is 2.13. The molecule has 0 radical (unpaired) electrons. The zero-order valence-electron chi connectivity index (χ0n) is 7.90. The van der Waals surface area contributed by atoms with Gasteiger partial charge < -0.3 is 10.1 Å². The summed E-state index contributed by atoms with van der Waals surface area (Å²) < 4.78 is 5.18. The van der Waals surface area contributed by atoms with Crippen LogP contribution >= 0.6 is 11.6 Å². The second-order valence-electron chi connectivity index (χ2n) is 3.41. The summed E-state index contributed by atoms with van der Waals surface area (Å²) in [6.45, 7) is 0. The molecule has 4 nitrogen and oxygen atoms in total. The Bertz CT molecular complexity index is 297. The summed E-state index contributed by atoms with van der Waals surface area (Å²) in [5.74, 6) is 0.772. The fourth-order valence-electron chi connectivity index (χ4n) is 1.48. The van der Waals surface area contributed by atoms with Crippen LogP contribution in [0.4, 0.5) is 5.82 Å². The highest BCUT2D eigenvalue weighted by Crippen LogP contribution is 2.25. The van der Waals surface area contributed by atoms with E-state index in [1.54, 1.807) is 13.2 Å². The van der Waals surface area contributed by atoms with Gasteiger partial charge in [0.1, 0.15) is 5.82 Å². The smallest absolute Gasteiger partial charge is 0.151 e. The lowest BCUT2D eigenvalue weighted by molar-refractivity contribution is 0.0327. The minimum atomic E-state index is 0.396. The van der Waals surface area contributed by atoms with E-state index in [0.29, 0.717) is 17.3 Å². The van der Waals surface area contributed by atoms with Crippen LogP contribution in [-0.4, -0.2) is 29.5 Å². The first-order valence-electron chi connectivity index (χ1n) is 4.56. The molecule has 14 heavy (non-hydrogen) atoms. The maximum absolute atomic E-state index is 5.62. The summed E-state index contributed by atoms with van der Waals surface area (Å²) in [5.41, 5.74) is 0. The van der Waals surface area contributed by atoms with E-state index >= 15 is 0 Å². The molecule has 0 bridgehead atoms. The van der Waals surface area contributed by atoms with Crippen LogP contribution in [0.2, 0.25) is 5.15 Å². The molecular formula is C9H12ClN3O. The molecule has 1 aliphatic rings. The molecule has 1 fully saturated rings. The Morgan fingerprint density at radius 3 is 2.79 bits per heavy atom. The van der Waals surface area contributed by atoms with E-state index in [1.807, 2.05) is 6.07 Å². The lowest BCUT2D eigenvalue weighted by Gasteiger charge is -2.34. The first kappa shape index (κ1) is 9.68. The van der Waals surface area contributed by atoms with Gasteiger partial charge in [0, 0.05) is 13.2 Å². The van der Waals surface area contributed by atoms with Crippen LogP contribution in [0.5, 0.6) is 0 Å². The number of nitrogens with zero attached hydrogens (tertiary/aromatic N) is 2. The number of aromatic nitrogens is 2. The van der Waals surface area contributed by atoms with E-state index in [2.05, 4.69) is 15.5 Å². The van der Waals surface area contributed by atoms with E-state index in [9.17, 15) is 0 Å². The number of halogens is 1. The van der Waals surface area contributed by atoms with Crippen molar-refractivity contribution in [1.29, 1.82) is 0 Å². The molecule has 5 heteroatoms. The van der Waals surface area contributed by atoms with Gasteiger partial charge in [0.05, 0.1) is 6.10 Å². The zero-order valence-corrected chi connectivity index (χ0v) is 8.66. The Balaban J connectivity index is 1.84. The number of methoxy groups -OCH3 is 1. The normalized spacial score (nSPS) is 25.6. The molecule has 0 spiro atoms. The third-order valence-corrected chi connectivity index (χ3v) is 2.61. The van der Waals surface area contributed by atoms with Crippen molar-refractivity contribution in [2.75, 3.05) is 12.4 Å². The van der Waals surface area contributed by atoms with Gasteiger partial charge in [-0.1, -0.05) is 11.6 Å². The van der Waals surface area contributed by atoms with E-state index in [-0.39, 0.29) is 0 Å². The van der Waals surface area contributed by atoms with Crippen molar-refractivity contribution in [3.8, 4) is 0 Å². The molecule has 1 aromatic rings. The van der Waals surface area contributed by atoms with Gasteiger partial charge in [0.2, 0.25) is 0 Å². The second-order valence-corrected chi connectivity index (χ2v) is 3.80. The molecule has 1 saturated carbocycles. The van der Waals surface area contributed by atoms with Crippen molar-refractivity contribution < 1.29 is 4.74 Å². The van der Waals surface area contributed by atoms with Crippen LogP contribution in [0.15, 0.2) is 12.1 Å². The molecule has 1 aliphatic carbocycles. The predicted molar refractivity (Wildman–Crippen MR) is 54.5 cm³/mol. The summed E-state index contributed by atoms with van der Waals surface area (Å²) >= 11 is 5.62. The van der Waals surface area contributed by atoms with Crippen LogP contribution in [0.1, 0.15) is 12.8 Å². The SMILES string of the molecule is COC1CC(Nc2ccc(Cl)nn2)C1. The number of ether oxygens (including phenoxy) is 1. The average Bonchev–Trinajstić information content (AvgIpc) is 2.13. The van der Waals surface area contributed by atoms with E-state index in [0.717, 1.165) is 18.7 Å². The lowest BCUT2D eigenvalue weighted by Crippen LogP contribution is -2.40. The van der Waals surface area contributed by atoms with Crippen molar-refractivity contribution in [3.63, 3.8) is 0 Å². The summed E-state index contributed by atoms with van der Waals surface area (Å²) in [6.07, 6.45) is 2.45. The summed E-state index contributed by atoms with van der Waals surface area (Å²) in [4.78, 5) is 0. The Morgan fingerprint density at radius 1 is 1.43 bits per heavy atom. The van der Waals surface area contributed by atoms with Crippen molar-refractivity contribution in [3.05, 3.63) is 17.3 Å². The highest BCUT2D eigenvalue weighted by atomic mass is 35.5. The van der Waals surface area contributed by atoms with Crippen LogP contribution in [-0.2, 0) is 4.74 Å². The predicted octanol–water partition coefficient (Wildman–Crippen LogP) is 1.72. The standard InChI is InChI=1S/C9H12ClN3O/c1-14-7-4-6(5-7)11-9-3-2-8(10)12-13-9/h2-3,6-7H,4-5H2,1H3,(H,11,13). The van der Waals surface area contributed by atoms with Crippen LogP contribution in [0, 0.1) is 0 Å². The van der Waals surface area contributed by atoms with Crippen molar-refractivity contribution >= 4 is 17.4 Å². The lowest BCUT2D eigenvalue weighted by atomic mass is 9.89. The Hall–Kier alpha value is -0.870. The highest BCUT2D eigenvalue weighted by Gasteiger charge is 2.28. The Labute approximate surface area is 87.6 Å². The fourth-order valence-corrected chi connectivity index (χ4v) is 1.58. The molecule has 0 aromatic carbocycles. The van der Waals surface area contributed by atoms with Crippen LogP contribution in [0.25, 0.3) is 0 Å². The molecule has 0 unspecified atom stereocenters. The van der Waals surface area contributed by atoms with Crippen molar-refractivity contribution in [1.82, 2.24) is 10.2 Å². The fraction of sp³-hybridized carbons (Fsp3) is 0.556. The summed E-state index contributed by atoms with van der Waals surface area (Å²) in [7, 11) is 1.74. The monoisotopic (exact) mass is 213 g/mol. The number of nitrogens with one attached hydrogen (secondary N) is 1. The van der Waals surface area contributed by atoms with E-state index in [1.165, 1.54) is 0 Å². The van der Waals surface area contributed by atoms with Crippen molar-refractivity contribution in [2.24, 2.45) is 0 Å². The van der Waals surface area contributed by atoms with E-state index in [4.69, 9.17) is 16.3 Å². The minimum absolute atomic E-state index is 0.396. The van der Waals surface area contributed by atoms with Gasteiger partial charge >= 0.3 is 0 Å². The van der Waals surface area contributed by atoms with Crippen molar-refractivity contribution in [2.45, 2.75) is 25.0 Å². The highest BCUT2D eigenvalue weighted by molar-refractivity contribution is 6.29. The quantitative estimate of drug-likeness (QED) is 0.831. The first-order valence-corrected chi connectivity index (χ1v) is 4.94. The molecule has 0 aliphatic heterocycles. The Morgan fingerprint density at radius 2 is 2.21 bits per heavy atom. The summed E-state index contributed by atoms with van der Waals surface area (Å²) in [6, 6.07) is 4.01. The molecule has 1 heterocycles. The van der Waals surface area contributed by atoms with Gasteiger partial charge in [-0.15, -0.1) is 10.2 Å². The molecule has 0 amide bonds. The molecule has 1 aromatic heterocycles. The number of hydrogen-bond donors (Lipinski definition) is 1. The summed E-state index contributed by atoms with van der Waals surface area (Å²) in [5, 5.41) is 11.3. The van der Waals surface area contributed by atoms with Gasteiger partial charge in [-0.05, 0) is 25.0 Å². The maximum Gasteiger partial charge on any atom is 0.151 e. The van der Waals surface area contributed by atoms with Gasteiger partial charge in [0.15, 0.2) is 5.15 Å². The topological polar surface area (TPSA) is 47.0 Å². The van der Waals surface area contributed by atoms with Gasteiger partial charge in [-0.2, -0.15) is 0 Å². The largest absolute Gasteiger partial charge is 0.381 e. The van der Waals surface area contributed by atoms with Gasteiger partial charge in [0.25, 0.3) is 0 Å². The number of hydrogen-bond acceptors (Lipinski definition) is 4. The number of anilines is 1. The zero-order chi connectivity index (χ0) is 9.97. The Kier molecular flexibility index (Phi) is 2.84. The molecule has 1 N–H and O–H groups in total. The number of rotatable bonds is 3. The van der Waals surface area contributed by atoms with Crippen LogP contribution < -0.4 is 5.32 Å². The second kappa shape index (κ2) is 4.11. The minimum Gasteiger partial charge on any atom is -0.381 e.